The van der Waals surface area contributed by atoms with E-state index in [0.29, 0.717) is 5.56 Å². The van der Waals surface area contributed by atoms with Crippen LogP contribution in [0.2, 0.25) is 0 Å². The molecule has 3 N–H and O–H groups in total. The predicted octanol–water partition coefficient (Wildman–Crippen LogP) is 0.699. The number of nitrogens with one attached hydrogen (secondary N) is 1. The van der Waals surface area contributed by atoms with E-state index in [1.807, 2.05) is 0 Å². The van der Waals surface area contributed by atoms with Crippen molar-refractivity contribution in [3.63, 3.8) is 0 Å². The monoisotopic (exact) mass is 237 g/mol. The van der Waals surface area contributed by atoms with Gasteiger partial charge in [0.1, 0.15) is 6.04 Å². The Morgan fingerprint density at radius 1 is 1.29 bits per heavy atom. The van der Waals surface area contributed by atoms with Gasteiger partial charge < -0.3 is 15.5 Å². The summed E-state index contributed by atoms with van der Waals surface area (Å²) in [6, 6.07) is 7.39. The number of carbonyl (C=O) groups is 2. The maximum Gasteiger partial charge on any atom is 0.326 e. The van der Waals surface area contributed by atoms with Gasteiger partial charge in [0.15, 0.2) is 6.10 Å². The summed E-state index contributed by atoms with van der Waals surface area (Å²) in [6.45, 7) is 1.65. The molecule has 0 aliphatic rings. The van der Waals surface area contributed by atoms with Gasteiger partial charge in [-0.25, -0.2) is 4.79 Å². The fourth-order valence-electron chi connectivity index (χ4n) is 1.38. The Balaban J connectivity index is 2.68. The van der Waals surface area contributed by atoms with Gasteiger partial charge in [0.25, 0.3) is 5.91 Å². The molecule has 2 unspecified atom stereocenters. The van der Waals surface area contributed by atoms with Crippen LogP contribution in [0.25, 0.3) is 0 Å². The van der Waals surface area contributed by atoms with Gasteiger partial charge >= 0.3 is 5.97 Å². The molecule has 0 radical (unpaired) electrons. The lowest BCUT2D eigenvalue weighted by Crippen LogP contribution is -2.42. The van der Waals surface area contributed by atoms with Crippen LogP contribution in [0, 0.1) is 0 Å². The molecule has 1 aromatic rings. The lowest BCUT2D eigenvalue weighted by molar-refractivity contribution is -0.143. The van der Waals surface area contributed by atoms with E-state index in [9.17, 15) is 14.7 Å². The van der Waals surface area contributed by atoms with Crippen molar-refractivity contribution in [3.8, 4) is 0 Å². The van der Waals surface area contributed by atoms with Crippen LogP contribution in [0.5, 0.6) is 0 Å². The summed E-state index contributed by atoms with van der Waals surface area (Å²) in [4.78, 5) is 22.3. The van der Waals surface area contributed by atoms with E-state index < -0.39 is 24.0 Å². The van der Waals surface area contributed by atoms with Gasteiger partial charge in [-0.1, -0.05) is 37.3 Å². The third-order valence-corrected chi connectivity index (χ3v) is 2.39. The average Bonchev–Trinajstić information content (AvgIpc) is 2.35. The number of carbonyl (C=O) groups excluding carboxylic acids is 1. The fraction of sp³-hybridized carbons (Fsp3) is 0.333. The number of hydrogen-bond acceptors (Lipinski definition) is 3. The smallest absolute Gasteiger partial charge is 0.326 e. The molecule has 0 aliphatic heterocycles. The van der Waals surface area contributed by atoms with Crippen molar-refractivity contribution in [3.05, 3.63) is 35.9 Å². The van der Waals surface area contributed by atoms with Crippen LogP contribution in [-0.2, 0) is 9.59 Å². The summed E-state index contributed by atoms with van der Waals surface area (Å²) >= 11 is 0. The number of benzene rings is 1. The van der Waals surface area contributed by atoms with Gasteiger partial charge in [0.2, 0.25) is 0 Å². The Bertz CT molecular complexity index is 391. The van der Waals surface area contributed by atoms with Crippen LogP contribution in [0.1, 0.15) is 25.0 Å². The SMILES string of the molecule is CCC(NC(=O)C(O)c1ccccc1)C(=O)O. The van der Waals surface area contributed by atoms with E-state index in [1.54, 1.807) is 37.3 Å². The number of aliphatic carboxylic acids is 1. The van der Waals surface area contributed by atoms with E-state index in [0.717, 1.165) is 0 Å². The highest BCUT2D eigenvalue weighted by atomic mass is 16.4. The molecule has 1 amide bonds. The highest BCUT2D eigenvalue weighted by Crippen LogP contribution is 2.12. The fourth-order valence-corrected chi connectivity index (χ4v) is 1.38. The average molecular weight is 237 g/mol. The number of aliphatic hydroxyl groups is 1. The minimum Gasteiger partial charge on any atom is -0.480 e. The maximum atomic E-state index is 11.6. The summed E-state index contributed by atoms with van der Waals surface area (Å²) in [7, 11) is 0. The molecule has 0 fully saturated rings. The van der Waals surface area contributed by atoms with Crippen molar-refractivity contribution < 1.29 is 19.8 Å². The normalized spacial score (nSPS) is 13.8. The number of carboxylic acids is 1. The second-order valence-corrected chi connectivity index (χ2v) is 3.62. The van der Waals surface area contributed by atoms with Crippen molar-refractivity contribution in [2.75, 3.05) is 0 Å². The first-order valence-electron chi connectivity index (χ1n) is 5.32. The molecule has 92 valence electrons. The van der Waals surface area contributed by atoms with Crippen LogP contribution in [0.4, 0.5) is 0 Å². The molecule has 5 nitrogen and oxygen atoms in total. The molecule has 0 spiro atoms. The molecule has 1 aromatic carbocycles. The molecule has 5 heteroatoms. The van der Waals surface area contributed by atoms with Crippen molar-refractivity contribution in [2.45, 2.75) is 25.5 Å². The number of rotatable bonds is 5. The van der Waals surface area contributed by atoms with Gasteiger partial charge in [-0.3, -0.25) is 4.79 Å². The van der Waals surface area contributed by atoms with Gasteiger partial charge in [0.05, 0.1) is 0 Å². The van der Waals surface area contributed by atoms with Crippen molar-refractivity contribution in [1.29, 1.82) is 0 Å². The standard InChI is InChI=1S/C12H15NO4/c1-2-9(12(16)17)13-11(15)10(14)8-6-4-3-5-7-8/h3-7,9-10,14H,2H2,1H3,(H,13,15)(H,16,17). The van der Waals surface area contributed by atoms with Gasteiger partial charge in [-0.2, -0.15) is 0 Å². The Kier molecular flexibility index (Phi) is 4.66. The van der Waals surface area contributed by atoms with E-state index in [1.165, 1.54) is 0 Å². The van der Waals surface area contributed by atoms with Crippen LogP contribution in [0.15, 0.2) is 30.3 Å². The van der Waals surface area contributed by atoms with Crippen molar-refractivity contribution in [1.82, 2.24) is 5.32 Å². The highest BCUT2D eigenvalue weighted by Gasteiger charge is 2.23. The molecular formula is C12H15NO4. The van der Waals surface area contributed by atoms with Crippen LogP contribution in [0.3, 0.4) is 0 Å². The quantitative estimate of drug-likeness (QED) is 0.703. The zero-order valence-electron chi connectivity index (χ0n) is 9.46. The molecule has 0 aromatic heterocycles. The number of aliphatic hydroxyl groups excluding tert-OH is 1. The Labute approximate surface area is 99.1 Å². The van der Waals surface area contributed by atoms with Gasteiger partial charge in [-0.05, 0) is 12.0 Å². The molecule has 1 rings (SSSR count). The number of carboxylic acid groups (broad SMARTS) is 1. The molecule has 2 atom stereocenters. The third kappa shape index (κ3) is 3.57. The Hall–Kier alpha value is -1.88. The van der Waals surface area contributed by atoms with Gasteiger partial charge in [0, 0.05) is 0 Å². The van der Waals surface area contributed by atoms with Crippen LogP contribution < -0.4 is 5.32 Å². The summed E-state index contributed by atoms with van der Waals surface area (Å²) in [5.74, 6) is -1.81. The maximum absolute atomic E-state index is 11.6. The highest BCUT2D eigenvalue weighted by molar-refractivity contribution is 5.86. The van der Waals surface area contributed by atoms with Crippen molar-refractivity contribution >= 4 is 11.9 Å². The van der Waals surface area contributed by atoms with Crippen LogP contribution in [-0.4, -0.2) is 28.1 Å². The third-order valence-electron chi connectivity index (χ3n) is 2.39. The second-order valence-electron chi connectivity index (χ2n) is 3.62. The predicted molar refractivity (Wildman–Crippen MR) is 61.3 cm³/mol. The first kappa shape index (κ1) is 13.2. The summed E-state index contributed by atoms with van der Waals surface area (Å²) < 4.78 is 0. The summed E-state index contributed by atoms with van der Waals surface area (Å²) in [5, 5.41) is 20.8. The minimum absolute atomic E-state index is 0.266. The molecular weight excluding hydrogens is 222 g/mol. The Morgan fingerprint density at radius 2 is 1.88 bits per heavy atom. The van der Waals surface area contributed by atoms with E-state index in [-0.39, 0.29) is 6.42 Å². The first-order chi connectivity index (χ1) is 8.06. The zero-order valence-corrected chi connectivity index (χ0v) is 9.46. The lowest BCUT2D eigenvalue weighted by Gasteiger charge is -2.15. The number of hydrogen-bond donors (Lipinski definition) is 3. The first-order valence-corrected chi connectivity index (χ1v) is 5.32. The summed E-state index contributed by atoms with van der Waals surface area (Å²) in [5.41, 5.74) is 0.435. The molecule has 0 aliphatic carbocycles. The zero-order chi connectivity index (χ0) is 12.8. The van der Waals surface area contributed by atoms with Crippen molar-refractivity contribution in [2.24, 2.45) is 0 Å². The van der Waals surface area contributed by atoms with E-state index in [4.69, 9.17) is 5.11 Å². The van der Waals surface area contributed by atoms with Gasteiger partial charge in [-0.15, -0.1) is 0 Å². The second kappa shape index (κ2) is 6.00. The largest absolute Gasteiger partial charge is 0.480 e. The molecule has 0 heterocycles. The minimum atomic E-state index is -1.34. The topological polar surface area (TPSA) is 86.6 Å². The van der Waals surface area contributed by atoms with Crippen LogP contribution >= 0.6 is 0 Å². The summed E-state index contributed by atoms with van der Waals surface area (Å²) in [6.07, 6.45) is -1.08. The molecule has 0 bridgehead atoms. The van der Waals surface area contributed by atoms with E-state index >= 15 is 0 Å². The molecule has 17 heavy (non-hydrogen) atoms. The Morgan fingerprint density at radius 3 is 2.35 bits per heavy atom. The number of amides is 1. The molecule has 0 saturated heterocycles. The molecule has 0 saturated carbocycles. The van der Waals surface area contributed by atoms with E-state index in [2.05, 4.69) is 5.32 Å². The lowest BCUT2D eigenvalue weighted by atomic mass is 10.1.